The summed E-state index contributed by atoms with van der Waals surface area (Å²) in [4.78, 5) is 10.2. The Kier molecular flexibility index (Phi) is 4.52. The standard InChI is InChI=1S/C14H4BrF5N2O4/c15-3-5-4-1-6(22(23)24)8(2-7(4)26-21-5)25-14-12(19)10(17)9(16)11(18)13(14)20/h1-2H,3H2. The Morgan fingerprint density at radius 3 is 2.19 bits per heavy atom. The van der Waals surface area contributed by atoms with E-state index < -0.39 is 51.2 Å². The van der Waals surface area contributed by atoms with Gasteiger partial charge in [-0.15, -0.1) is 0 Å². The summed E-state index contributed by atoms with van der Waals surface area (Å²) < 4.78 is 76.6. The number of nitro groups is 1. The van der Waals surface area contributed by atoms with Crippen LogP contribution in [-0.2, 0) is 5.33 Å². The van der Waals surface area contributed by atoms with E-state index in [1.165, 1.54) is 0 Å². The molecule has 0 unspecified atom stereocenters. The number of ether oxygens (including phenoxy) is 1. The second-order valence-corrected chi connectivity index (χ2v) is 5.40. The van der Waals surface area contributed by atoms with Crippen LogP contribution in [0.1, 0.15) is 5.69 Å². The minimum atomic E-state index is -2.38. The van der Waals surface area contributed by atoms with E-state index in [1.54, 1.807) is 0 Å². The topological polar surface area (TPSA) is 78.4 Å². The Morgan fingerprint density at radius 2 is 1.65 bits per heavy atom. The molecule has 0 fully saturated rings. The van der Waals surface area contributed by atoms with Gasteiger partial charge in [-0.3, -0.25) is 10.1 Å². The van der Waals surface area contributed by atoms with Gasteiger partial charge in [-0.1, -0.05) is 21.1 Å². The molecule has 0 amide bonds. The Morgan fingerprint density at radius 1 is 1.08 bits per heavy atom. The van der Waals surface area contributed by atoms with Gasteiger partial charge in [0.1, 0.15) is 5.69 Å². The SMILES string of the molecule is O=[N+]([O-])c1cc2c(CBr)noc2cc1Oc1c(F)c(F)c(F)c(F)c1F. The van der Waals surface area contributed by atoms with Crippen molar-refractivity contribution in [2.75, 3.05) is 0 Å². The van der Waals surface area contributed by atoms with Crippen molar-refractivity contribution in [3.8, 4) is 11.5 Å². The number of hydrogen-bond donors (Lipinski definition) is 0. The molecular formula is C14H4BrF5N2O4. The summed E-state index contributed by atoms with van der Waals surface area (Å²) in [5, 5.41) is 15.2. The van der Waals surface area contributed by atoms with Crippen molar-refractivity contribution in [1.82, 2.24) is 5.16 Å². The monoisotopic (exact) mass is 438 g/mol. The summed E-state index contributed by atoms with van der Waals surface area (Å²) in [6, 6.07) is 1.81. The summed E-state index contributed by atoms with van der Waals surface area (Å²) in [6.07, 6.45) is 0. The molecule has 0 saturated heterocycles. The molecule has 0 N–H and O–H groups in total. The van der Waals surface area contributed by atoms with Crippen LogP contribution >= 0.6 is 15.9 Å². The molecule has 6 nitrogen and oxygen atoms in total. The lowest BCUT2D eigenvalue weighted by Gasteiger charge is -2.10. The van der Waals surface area contributed by atoms with E-state index >= 15 is 0 Å². The molecule has 0 aliphatic carbocycles. The summed E-state index contributed by atoms with van der Waals surface area (Å²) in [5.41, 5.74) is -0.540. The van der Waals surface area contributed by atoms with Gasteiger partial charge >= 0.3 is 5.69 Å². The summed E-state index contributed by atoms with van der Waals surface area (Å²) in [6.45, 7) is 0. The van der Waals surface area contributed by atoms with Gasteiger partial charge in [0.25, 0.3) is 0 Å². The molecule has 0 bridgehead atoms. The summed E-state index contributed by atoms with van der Waals surface area (Å²) in [7, 11) is 0. The number of aromatic nitrogens is 1. The molecule has 0 radical (unpaired) electrons. The van der Waals surface area contributed by atoms with E-state index in [0.29, 0.717) is 5.69 Å². The fraction of sp³-hybridized carbons (Fsp3) is 0.0714. The number of hydrogen-bond acceptors (Lipinski definition) is 5. The van der Waals surface area contributed by atoms with Crippen LogP contribution in [-0.4, -0.2) is 10.1 Å². The first-order chi connectivity index (χ1) is 12.3. The highest BCUT2D eigenvalue weighted by molar-refractivity contribution is 9.08. The van der Waals surface area contributed by atoms with Crippen LogP contribution in [0.4, 0.5) is 27.6 Å². The van der Waals surface area contributed by atoms with E-state index in [1.807, 2.05) is 0 Å². The number of benzene rings is 2. The molecule has 3 aromatic rings. The van der Waals surface area contributed by atoms with Crippen LogP contribution < -0.4 is 4.74 Å². The zero-order chi connectivity index (χ0) is 19.2. The van der Waals surface area contributed by atoms with Gasteiger partial charge in [0.05, 0.1) is 10.3 Å². The Labute approximate surface area is 148 Å². The second kappa shape index (κ2) is 6.52. The van der Waals surface area contributed by atoms with Crippen molar-refractivity contribution in [2.24, 2.45) is 0 Å². The zero-order valence-corrected chi connectivity index (χ0v) is 13.7. The van der Waals surface area contributed by atoms with Crippen molar-refractivity contribution in [3.05, 3.63) is 57.0 Å². The average Bonchev–Trinajstić information content (AvgIpc) is 3.03. The number of alkyl halides is 1. The number of rotatable bonds is 4. The first-order valence-corrected chi connectivity index (χ1v) is 7.70. The van der Waals surface area contributed by atoms with Crippen LogP contribution in [0.15, 0.2) is 16.7 Å². The third-order valence-electron chi connectivity index (χ3n) is 3.33. The lowest BCUT2D eigenvalue weighted by Crippen LogP contribution is -2.05. The second-order valence-electron chi connectivity index (χ2n) is 4.84. The summed E-state index contributed by atoms with van der Waals surface area (Å²) >= 11 is 3.09. The van der Waals surface area contributed by atoms with E-state index in [2.05, 4.69) is 25.8 Å². The van der Waals surface area contributed by atoms with Crippen LogP contribution in [0.3, 0.4) is 0 Å². The minimum Gasteiger partial charge on any atom is -0.444 e. The molecule has 1 aromatic heterocycles. The fourth-order valence-corrected chi connectivity index (χ4v) is 2.51. The molecule has 1 heterocycles. The molecule has 0 aliphatic heterocycles. The third-order valence-corrected chi connectivity index (χ3v) is 3.86. The van der Waals surface area contributed by atoms with Crippen LogP contribution in [0.2, 0.25) is 0 Å². The lowest BCUT2D eigenvalue weighted by molar-refractivity contribution is -0.385. The number of fused-ring (bicyclic) bond motifs is 1. The van der Waals surface area contributed by atoms with Crippen molar-refractivity contribution < 1.29 is 36.1 Å². The van der Waals surface area contributed by atoms with Gasteiger partial charge in [0, 0.05) is 17.5 Å². The quantitative estimate of drug-likeness (QED) is 0.141. The molecule has 0 aliphatic rings. The van der Waals surface area contributed by atoms with Gasteiger partial charge in [0.2, 0.25) is 40.6 Å². The summed E-state index contributed by atoms with van der Waals surface area (Å²) in [5.74, 6) is -13.9. The third kappa shape index (κ3) is 2.75. The predicted octanol–water partition coefficient (Wildman–Crippen LogP) is 5.12. The van der Waals surface area contributed by atoms with Crippen LogP contribution in [0.5, 0.6) is 11.5 Å². The Hall–Kier alpha value is -2.76. The molecule has 136 valence electrons. The lowest BCUT2D eigenvalue weighted by atomic mass is 10.2. The van der Waals surface area contributed by atoms with Gasteiger partial charge in [-0.25, -0.2) is 13.2 Å². The zero-order valence-electron chi connectivity index (χ0n) is 12.2. The Bertz CT molecular complexity index is 1030. The Balaban J connectivity index is 2.21. The molecule has 0 atom stereocenters. The van der Waals surface area contributed by atoms with Crippen LogP contribution in [0, 0.1) is 39.2 Å². The maximum Gasteiger partial charge on any atom is 0.312 e. The highest BCUT2D eigenvalue weighted by atomic mass is 79.9. The van der Waals surface area contributed by atoms with Gasteiger partial charge in [-0.2, -0.15) is 8.78 Å². The first kappa shape index (κ1) is 18.0. The molecular weight excluding hydrogens is 435 g/mol. The number of nitro benzene ring substituents is 1. The first-order valence-electron chi connectivity index (χ1n) is 6.58. The maximum absolute atomic E-state index is 13.7. The highest BCUT2D eigenvalue weighted by Crippen LogP contribution is 2.39. The fourth-order valence-electron chi connectivity index (χ4n) is 2.11. The number of halogens is 6. The van der Waals surface area contributed by atoms with E-state index in [4.69, 9.17) is 4.52 Å². The molecule has 12 heteroatoms. The van der Waals surface area contributed by atoms with Crippen molar-refractivity contribution in [3.63, 3.8) is 0 Å². The van der Waals surface area contributed by atoms with Gasteiger partial charge in [0.15, 0.2) is 5.58 Å². The molecule has 2 aromatic carbocycles. The van der Waals surface area contributed by atoms with Crippen LogP contribution in [0.25, 0.3) is 11.0 Å². The molecule has 3 rings (SSSR count). The van der Waals surface area contributed by atoms with Gasteiger partial charge < -0.3 is 9.26 Å². The highest BCUT2D eigenvalue weighted by Gasteiger charge is 2.30. The average molecular weight is 439 g/mol. The molecule has 0 saturated carbocycles. The van der Waals surface area contributed by atoms with E-state index in [-0.39, 0.29) is 16.3 Å². The number of nitrogens with zero attached hydrogens (tertiary/aromatic N) is 2. The predicted molar refractivity (Wildman–Crippen MR) is 79.6 cm³/mol. The molecule has 0 spiro atoms. The smallest absolute Gasteiger partial charge is 0.312 e. The van der Waals surface area contributed by atoms with Crippen molar-refractivity contribution in [2.45, 2.75) is 5.33 Å². The molecule has 26 heavy (non-hydrogen) atoms. The minimum absolute atomic E-state index is 0.0519. The van der Waals surface area contributed by atoms with Crippen molar-refractivity contribution in [1.29, 1.82) is 0 Å². The van der Waals surface area contributed by atoms with E-state index in [0.717, 1.165) is 12.1 Å². The largest absolute Gasteiger partial charge is 0.444 e. The normalized spacial score (nSPS) is 11.2. The van der Waals surface area contributed by atoms with Crippen molar-refractivity contribution >= 4 is 32.6 Å². The van der Waals surface area contributed by atoms with E-state index in [9.17, 15) is 32.1 Å². The maximum atomic E-state index is 13.7. The van der Waals surface area contributed by atoms with Gasteiger partial charge in [-0.05, 0) is 0 Å².